The molecule has 0 radical (unpaired) electrons. The number of hydrogen-bond donors (Lipinski definition) is 0. The maximum Gasteiger partial charge on any atom is 0.228 e. The van der Waals surface area contributed by atoms with Crippen molar-refractivity contribution < 1.29 is 4.55 Å². The van der Waals surface area contributed by atoms with Gasteiger partial charge < -0.3 is 14.4 Å². The summed E-state index contributed by atoms with van der Waals surface area (Å²) in [5.41, 5.74) is 3.59. The molecule has 5 nitrogen and oxygen atoms in total. The Labute approximate surface area is 194 Å². The van der Waals surface area contributed by atoms with Crippen LogP contribution in [0, 0.1) is 18.3 Å². The molecule has 3 aromatic rings. The molecule has 1 fully saturated rings. The number of aromatic nitrogens is 2. The molecule has 1 aromatic heterocycles. The molecule has 1 saturated heterocycles. The lowest BCUT2D eigenvalue weighted by Crippen LogP contribution is -2.30. The first-order chi connectivity index (χ1) is 15.3. The lowest BCUT2D eigenvalue weighted by atomic mass is 9.80. The van der Waals surface area contributed by atoms with Crippen molar-refractivity contribution in [3.05, 3.63) is 53.6 Å². The standard InChI is InChI=1S/C26H32N4OS/c1-18-9-10-22-21(15-18)24(29-12-11-20(17-29)26(2,3)4)28-25(27-22)30-13-14-32(31)23-8-6-5-7-19(23)16-30/h5-10,15,20H,11-14,16-17H2,1-4H3. The summed E-state index contributed by atoms with van der Waals surface area (Å²) in [6.45, 7) is 12.5. The Bertz CT molecular complexity index is 1140. The predicted octanol–water partition coefficient (Wildman–Crippen LogP) is 4.94. The number of aryl methyl sites for hydroxylation is 1. The second-order valence-electron chi connectivity index (χ2n) is 10.2. The third-order valence-corrected chi connectivity index (χ3v) is 8.38. The van der Waals surface area contributed by atoms with Gasteiger partial charge in [-0.1, -0.05) is 50.6 Å². The van der Waals surface area contributed by atoms with E-state index in [0.29, 0.717) is 24.8 Å². The molecule has 3 heterocycles. The molecule has 0 spiro atoms. The molecule has 0 saturated carbocycles. The Morgan fingerprint density at radius 1 is 1.03 bits per heavy atom. The Hall–Kier alpha value is -2.31. The third kappa shape index (κ3) is 4.06. The van der Waals surface area contributed by atoms with Gasteiger partial charge in [0.2, 0.25) is 5.95 Å². The lowest BCUT2D eigenvalue weighted by molar-refractivity contribution is 0.263. The lowest BCUT2D eigenvalue weighted by Gasteiger charge is -2.28. The fourth-order valence-electron chi connectivity index (χ4n) is 4.87. The second-order valence-corrected chi connectivity index (χ2v) is 11.8. The molecular formula is C26H32N4OS. The SMILES string of the molecule is Cc1ccc2nc(N3CC[S+]([O-])c4ccccc4C3)nc(N3CCC(C(C)(C)C)C3)c2c1. The molecule has 0 bridgehead atoms. The van der Waals surface area contributed by atoms with Crippen LogP contribution in [-0.2, 0) is 17.7 Å². The van der Waals surface area contributed by atoms with E-state index in [1.54, 1.807) is 0 Å². The first kappa shape index (κ1) is 21.5. The number of fused-ring (bicyclic) bond motifs is 2. The largest absolute Gasteiger partial charge is 0.611 e. The van der Waals surface area contributed by atoms with Crippen LogP contribution in [0.1, 0.15) is 38.3 Å². The van der Waals surface area contributed by atoms with Gasteiger partial charge in [0.15, 0.2) is 4.90 Å². The van der Waals surface area contributed by atoms with Crippen LogP contribution in [0.5, 0.6) is 0 Å². The zero-order valence-corrected chi connectivity index (χ0v) is 20.3. The van der Waals surface area contributed by atoms with E-state index < -0.39 is 11.2 Å². The monoisotopic (exact) mass is 448 g/mol. The van der Waals surface area contributed by atoms with Crippen molar-refractivity contribution in [2.45, 2.75) is 45.6 Å². The Morgan fingerprint density at radius 2 is 1.84 bits per heavy atom. The van der Waals surface area contributed by atoms with E-state index in [-0.39, 0.29) is 5.41 Å². The number of rotatable bonds is 2. The summed E-state index contributed by atoms with van der Waals surface area (Å²) in [5, 5.41) is 1.13. The van der Waals surface area contributed by atoms with Gasteiger partial charge in [-0.3, -0.25) is 0 Å². The normalized spacial score (nSPS) is 21.7. The van der Waals surface area contributed by atoms with Gasteiger partial charge in [0.05, 0.1) is 18.6 Å². The molecule has 5 rings (SSSR count). The quantitative estimate of drug-likeness (QED) is 0.520. The molecule has 2 aliphatic rings. The van der Waals surface area contributed by atoms with Crippen molar-refractivity contribution in [3.8, 4) is 0 Å². The first-order valence-electron chi connectivity index (χ1n) is 11.5. The smallest absolute Gasteiger partial charge is 0.228 e. The summed E-state index contributed by atoms with van der Waals surface area (Å²) in [7, 11) is 0. The number of hydrogen-bond acceptors (Lipinski definition) is 5. The zero-order chi connectivity index (χ0) is 22.5. The Kier molecular flexibility index (Phi) is 5.54. The van der Waals surface area contributed by atoms with Gasteiger partial charge in [-0.2, -0.15) is 4.98 Å². The van der Waals surface area contributed by atoms with Crippen LogP contribution in [0.25, 0.3) is 10.9 Å². The van der Waals surface area contributed by atoms with Gasteiger partial charge in [0, 0.05) is 24.0 Å². The molecule has 0 amide bonds. The maximum atomic E-state index is 12.8. The van der Waals surface area contributed by atoms with Crippen LogP contribution >= 0.6 is 0 Å². The van der Waals surface area contributed by atoms with Crippen LogP contribution in [-0.4, -0.2) is 39.9 Å². The molecule has 2 unspecified atom stereocenters. The van der Waals surface area contributed by atoms with E-state index >= 15 is 0 Å². The molecule has 2 atom stereocenters. The van der Waals surface area contributed by atoms with Gasteiger partial charge >= 0.3 is 0 Å². The van der Waals surface area contributed by atoms with Crippen LogP contribution in [0.3, 0.4) is 0 Å². The summed E-state index contributed by atoms with van der Waals surface area (Å²) >= 11 is -0.987. The summed E-state index contributed by atoms with van der Waals surface area (Å²) in [5.74, 6) is 3.02. The zero-order valence-electron chi connectivity index (χ0n) is 19.5. The van der Waals surface area contributed by atoms with E-state index in [1.807, 2.05) is 18.2 Å². The Morgan fingerprint density at radius 3 is 2.62 bits per heavy atom. The Balaban J connectivity index is 1.56. The molecule has 2 aromatic carbocycles. The predicted molar refractivity (Wildman–Crippen MR) is 133 cm³/mol. The number of nitrogens with zero attached hydrogens (tertiary/aromatic N) is 4. The number of anilines is 2. The van der Waals surface area contributed by atoms with E-state index in [9.17, 15) is 4.55 Å². The highest BCUT2D eigenvalue weighted by Gasteiger charge is 2.34. The fraction of sp³-hybridized carbons (Fsp3) is 0.462. The minimum atomic E-state index is -0.987. The van der Waals surface area contributed by atoms with Gasteiger partial charge in [-0.05, 0) is 54.1 Å². The van der Waals surface area contributed by atoms with Crippen molar-refractivity contribution in [1.29, 1.82) is 0 Å². The summed E-state index contributed by atoms with van der Waals surface area (Å²) in [6, 6.07) is 14.5. The van der Waals surface area contributed by atoms with Crippen molar-refractivity contribution >= 4 is 33.8 Å². The van der Waals surface area contributed by atoms with Gasteiger partial charge in [0.1, 0.15) is 11.6 Å². The molecule has 0 N–H and O–H groups in total. The van der Waals surface area contributed by atoms with Crippen LogP contribution in [0.4, 0.5) is 11.8 Å². The topological polar surface area (TPSA) is 55.3 Å². The minimum absolute atomic E-state index is 0.287. The highest BCUT2D eigenvalue weighted by molar-refractivity contribution is 7.91. The van der Waals surface area contributed by atoms with E-state index in [4.69, 9.17) is 9.97 Å². The molecule has 168 valence electrons. The fourth-order valence-corrected chi connectivity index (χ4v) is 6.13. The first-order valence-corrected chi connectivity index (χ1v) is 12.9. The molecular weight excluding hydrogens is 416 g/mol. The summed E-state index contributed by atoms with van der Waals surface area (Å²) in [4.78, 5) is 15.7. The third-order valence-electron chi connectivity index (χ3n) is 6.94. The molecule has 0 aliphatic carbocycles. The molecule has 2 aliphatic heterocycles. The van der Waals surface area contributed by atoms with Crippen LogP contribution < -0.4 is 9.80 Å². The van der Waals surface area contributed by atoms with Crippen molar-refractivity contribution in [3.63, 3.8) is 0 Å². The highest BCUT2D eigenvalue weighted by Crippen LogP contribution is 2.38. The summed E-state index contributed by atoms with van der Waals surface area (Å²) in [6.07, 6.45) is 1.19. The van der Waals surface area contributed by atoms with E-state index in [0.717, 1.165) is 46.2 Å². The minimum Gasteiger partial charge on any atom is -0.611 e. The second kappa shape index (κ2) is 8.23. The van der Waals surface area contributed by atoms with Gasteiger partial charge in [-0.15, -0.1) is 0 Å². The molecule has 6 heteroatoms. The average Bonchev–Trinajstić information content (AvgIpc) is 3.20. The maximum absolute atomic E-state index is 12.8. The van der Waals surface area contributed by atoms with E-state index in [1.165, 1.54) is 12.0 Å². The van der Waals surface area contributed by atoms with Crippen LogP contribution in [0.15, 0.2) is 47.4 Å². The number of benzene rings is 2. The van der Waals surface area contributed by atoms with E-state index in [2.05, 4.69) is 61.8 Å². The summed E-state index contributed by atoms with van der Waals surface area (Å²) < 4.78 is 12.8. The van der Waals surface area contributed by atoms with Gasteiger partial charge in [-0.25, -0.2) is 4.98 Å². The van der Waals surface area contributed by atoms with Crippen molar-refractivity contribution in [2.75, 3.05) is 35.2 Å². The highest BCUT2D eigenvalue weighted by atomic mass is 32.2. The van der Waals surface area contributed by atoms with Crippen molar-refractivity contribution in [2.24, 2.45) is 11.3 Å². The average molecular weight is 449 g/mol. The van der Waals surface area contributed by atoms with Crippen LogP contribution in [0.2, 0.25) is 0 Å². The van der Waals surface area contributed by atoms with Crippen molar-refractivity contribution in [1.82, 2.24) is 9.97 Å². The molecule has 32 heavy (non-hydrogen) atoms. The van der Waals surface area contributed by atoms with Gasteiger partial charge in [0.25, 0.3) is 0 Å².